The van der Waals surface area contributed by atoms with Gasteiger partial charge in [-0.1, -0.05) is 6.42 Å². The van der Waals surface area contributed by atoms with Crippen molar-refractivity contribution in [3.05, 3.63) is 0 Å². The number of imide groups is 1. The van der Waals surface area contributed by atoms with E-state index in [1.807, 2.05) is 6.92 Å². The van der Waals surface area contributed by atoms with Gasteiger partial charge in [-0.3, -0.25) is 10.1 Å². The quantitative estimate of drug-likeness (QED) is 0.760. The molecule has 2 rings (SSSR count). The number of nitrogens with one attached hydrogen (secondary N) is 2. The van der Waals surface area contributed by atoms with Crippen LogP contribution in [0.5, 0.6) is 0 Å². The van der Waals surface area contributed by atoms with Crippen LogP contribution >= 0.6 is 11.6 Å². The van der Waals surface area contributed by atoms with Crippen LogP contribution in [0.2, 0.25) is 0 Å². The molecular formula is C12H19ClN2O2. The summed E-state index contributed by atoms with van der Waals surface area (Å²) in [7, 11) is 0. The molecule has 2 N–H and O–H groups in total. The number of rotatable bonds is 3. The third kappa shape index (κ3) is 2.92. The highest BCUT2D eigenvalue weighted by Gasteiger charge is 2.42. The molecule has 0 aliphatic heterocycles. The summed E-state index contributed by atoms with van der Waals surface area (Å²) in [6, 6.07) is -0.292. The van der Waals surface area contributed by atoms with Crippen molar-refractivity contribution in [3.63, 3.8) is 0 Å². The van der Waals surface area contributed by atoms with Crippen molar-refractivity contribution in [2.24, 2.45) is 17.8 Å². The van der Waals surface area contributed by atoms with Crippen LogP contribution in [-0.2, 0) is 4.79 Å². The average molecular weight is 259 g/mol. The lowest BCUT2D eigenvalue weighted by Gasteiger charge is -2.28. The Morgan fingerprint density at radius 1 is 1.35 bits per heavy atom. The van der Waals surface area contributed by atoms with Crippen LogP contribution in [0.25, 0.3) is 0 Å². The van der Waals surface area contributed by atoms with E-state index in [0.29, 0.717) is 5.92 Å². The van der Waals surface area contributed by atoms with E-state index < -0.39 is 11.9 Å². The maximum atomic E-state index is 11.5. The van der Waals surface area contributed by atoms with E-state index in [1.54, 1.807) is 0 Å². The summed E-state index contributed by atoms with van der Waals surface area (Å²) in [5.74, 6) is 1.56. The third-order valence-electron chi connectivity index (χ3n) is 4.17. The zero-order valence-corrected chi connectivity index (χ0v) is 10.8. The van der Waals surface area contributed by atoms with Crippen LogP contribution in [-0.4, -0.2) is 23.9 Å². The number of hydrogen-bond donors (Lipinski definition) is 2. The molecule has 2 aliphatic rings. The second-order valence-corrected chi connectivity index (χ2v) is 5.55. The van der Waals surface area contributed by atoms with E-state index in [2.05, 4.69) is 10.6 Å². The summed E-state index contributed by atoms with van der Waals surface area (Å²) in [5, 5.41) is 5.05. The van der Waals surface area contributed by atoms with E-state index >= 15 is 0 Å². The number of halogens is 1. The molecule has 2 saturated carbocycles. The molecule has 96 valence electrons. The van der Waals surface area contributed by atoms with Gasteiger partial charge in [-0.15, -0.1) is 11.6 Å². The molecule has 2 aliphatic carbocycles. The lowest BCUT2D eigenvalue weighted by molar-refractivity contribution is -0.117. The molecule has 3 amide bonds. The average Bonchev–Trinajstić information content (AvgIpc) is 2.90. The largest absolute Gasteiger partial charge is 0.335 e. The highest BCUT2D eigenvalue weighted by molar-refractivity contribution is 6.28. The molecular weight excluding hydrogens is 240 g/mol. The molecule has 0 aromatic carbocycles. The minimum Gasteiger partial charge on any atom is -0.335 e. The monoisotopic (exact) mass is 258 g/mol. The third-order valence-corrected chi connectivity index (χ3v) is 4.41. The molecule has 0 aromatic rings. The summed E-state index contributed by atoms with van der Waals surface area (Å²) in [6.45, 7) is 2.02. The minimum absolute atomic E-state index is 0.133. The van der Waals surface area contributed by atoms with Crippen molar-refractivity contribution in [2.45, 2.75) is 38.6 Å². The first-order chi connectivity index (χ1) is 8.10. The van der Waals surface area contributed by atoms with Crippen molar-refractivity contribution in [1.29, 1.82) is 0 Å². The zero-order valence-electron chi connectivity index (χ0n) is 10.0. The second-order valence-electron chi connectivity index (χ2n) is 5.28. The predicted molar refractivity (Wildman–Crippen MR) is 65.8 cm³/mol. The highest BCUT2D eigenvalue weighted by atomic mass is 35.5. The van der Waals surface area contributed by atoms with Crippen LogP contribution in [0.15, 0.2) is 0 Å². The smallest absolute Gasteiger partial charge is 0.321 e. The predicted octanol–water partition coefficient (Wildman–Crippen LogP) is 1.88. The topological polar surface area (TPSA) is 58.2 Å². The van der Waals surface area contributed by atoms with Gasteiger partial charge in [0.2, 0.25) is 5.91 Å². The fourth-order valence-electron chi connectivity index (χ4n) is 3.42. The first-order valence-electron chi connectivity index (χ1n) is 6.26. The fraction of sp³-hybridized carbons (Fsp3) is 0.833. The van der Waals surface area contributed by atoms with Crippen LogP contribution in [0.1, 0.15) is 32.6 Å². The molecule has 0 aromatic heterocycles. The normalized spacial score (nSPS) is 32.2. The van der Waals surface area contributed by atoms with E-state index in [0.717, 1.165) is 11.8 Å². The van der Waals surface area contributed by atoms with Crippen molar-refractivity contribution >= 4 is 23.5 Å². The summed E-state index contributed by atoms with van der Waals surface area (Å²) in [4.78, 5) is 22.4. The maximum absolute atomic E-state index is 11.5. The summed E-state index contributed by atoms with van der Waals surface area (Å²) in [6.07, 6.45) is 5.18. The Labute approximate surface area is 106 Å². The molecule has 5 heteroatoms. The number of carbonyl (C=O) groups is 2. The molecule has 0 saturated heterocycles. The molecule has 2 bridgehead atoms. The molecule has 4 nitrogen and oxygen atoms in total. The van der Waals surface area contributed by atoms with Gasteiger partial charge in [-0.25, -0.2) is 4.79 Å². The lowest BCUT2D eigenvalue weighted by atomic mass is 9.84. The van der Waals surface area contributed by atoms with Crippen molar-refractivity contribution in [2.75, 3.05) is 5.88 Å². The number of amides is 3. The molecule has 0 spiro atoms. The maximum Gasteiger partial charge on any atom is 0.321 e. The van der Waals surface area contributed by atoms with Gasteiger partial charge < -0.3 is 5.32 Å². The molecule has 4 atom stereocenters. The molecule has 17 heavy (non-hydrogen) atoms. The first-order valence-corrected chi connectivity index (χ1v) is 6.80. The number of urea groups is 1. The Kier molecular flexibility index (Phi) is 3.92. The Bertz CT molecular complexity index is 322. The summed E-state index contributed by atoms with van der Waals surface area (Å²) in [5.41, 5.74) is 0. The standard InChI is InChI=1S/C12H19ClN2O2/c1-7(14-12(17)15-11(16)6-13)10-5-8-2-3-9(10)4-8/h7-10H,2-6H2,1H3,(H2,14,15,16,17)/t7-,8+,9+,10+/m1/s1. The molecule has 0 unspecified atom stereocenters. The van der Waals surface area contributed by atoms with E-state index in [-0.39, 0.29) is 11.9 Å². The second kappa shape index (κ2) is 5.25. The summed E-state index contributed by atoms with van der Waals surface area (Å²) >= 11 is 5.32. The van der Waals surface area contributed by atoms with Gasteiger partial charge in [0, 0.05) is 6.04 Å². The van der Waals surface area contributed by atoms with Crippen LogP contribution in [0.4, 0.5) is 4.79 Å². The van der Waals surface area contributed by atoms with Crippen LogP contribution < -0.4 is 10.6 Å². The highest BCUT2D eigenvalue weighted by Crippen LogP contribution is 2.49. The number of hydrogen-bond acceptors (Lipinski definition) is 2. The van der Waals surface area contributed by atoms with Gasteiger partial charge in [0.05, 0.1) is 0 Å². The van der Waals surface area contributed by atoms with Gasteiger partial charge in [0.15, 0.2) is 0 Å². The van der Waals surface area contributed by atoms with E-state index in [1.165, 1.54) is 25.7 Å². The Morgan fingerprint density at radius 2 is 2.12 bits per heavy atom. The minimum atomic E-state index is -0.454. The molecule has 0 heterocycles. The van der Waals surface area contributed by atoms with Gasteiger partial charge in [0.25, 0.3) is 0 Å². The van der Waals surface area contributed by atoms with Crippen molar-refractivity contribution < 1.29 is 9.59 Å². The number of fused-ring (bicyclic) bond motifs is 2. The Hall–Kier alpha value is -0.770. The fourth-order valence-corrected chi connectivity index (χ4v) is 3.48. The number of carbonyl (C=O) groups excluding carboxylic acids is 2. The first kappa shape index (κ1) is 12.7. The van der Waals surface area contributed by atoms with Gasteiger partial charge in [-0.05, 0) is 43.9 Å². The van der Waals surface area contributed by atoms with Crippen LogP contribution in [0, 0.1) is 17.8 Å². The van der Waals surface area contributed by atoms with Gasteiger partial charge in [-0.2, -0.15) is 0 Å². The van der Waals surface area contributed by atoms with Gasteiger partial charge in [0.1, 0.15) is 5.88 Å². The Balaban J connectivity index is 1.79. The summed E-state index contributed by atoms with van der Waals surface area (Å²) < 4.78 is 0. The van der Waals surface area contributed by atoms with Crippen LogP contribution in [0.3, 0.4) is 0 Å². The van der Waals surface area contributed by atoms with E-state index in [9.17, 15) is 9.59 Å². The van der Waals surface area contributed by atoms with Crippen molar-refractivity contribution in [3.8, 4) is 0 Å². The number of alkyl halides is 1. The Morgan fingerprint density at radius 3 is 2.65 bits per heavy atom. The molecule has 0 radical (unpaired) electrons. The molecule has 2 fully saturated rings. The SMILES string of the molecule is C[C@@H](NC(=O)NC(=O)CCl)[C@@H]1C[C@H]2CC[C@H]1C2. The lowest BCUT2D eigenvalue weighted by Crippen LogP contribution is -2.47. The van der Waals surface area contributed by atoms with Crippen molar-refractivity contribution in [1.82, 2.24) is 10.6 Å². The van der Waals surface area contributed by atoms with Gasteiger partial charge >= 0.3 is 6.03 Å². The zero-order chi connectivity index (χ0) is 12.4. The van der Waals surface area contributed by atoms with E-state index in [4.69, 9.17) is 11.6 Å².